The number of carboxylic acid groups (broad SMARTS) is 1. The van der Waals surface area contributed by atoms with Crippen LogP contribution in [-0.2, 0) is 19.4 Å². The Labute approximate surface area is 124 Å². The number of carbonyl (C=O) groups is 2. The molecule has 0 radical (unpaired) electrons. The Hall–Kier alpha value is -1.35. The standard InChI is InChI=1S/C12H22N2O6S/c1-9(3-5-20-2)13-12(17)14(7-11(15)16)10-4-6-21(18,19)8-10/h9-10H,3-8H2,1-2H3,(H,13,17)(H,15,16). The fourth-order valence-electron chi connectivity index (χ4n) is 2.19. The van der Waals surface area contributed by atoms with Crippen LogP contribution in [-0.4, -0.2) is 74.3 Å². The first kappa shape index (κ1) is 17.7. The molecule has 122 valence electrons. The lowest BCUT2D eigenvalue weighted by atomic mass is 10.2. The molecule has 0 aromatic carbocycles. The van der Waals surface area contributed by atoms with E-state index in [0.717, 1.165) is 4.90 Å². The molecular weight excluding hydrogens is 300 g/mol. The lowest BCUT2D eigenvalue weighted by Crippen LogP contribution is -2.51. The molecule has 2 unspecified atom stereocenters. The highest BCUT2D eigenvalue weighted by Gasteiger charge is 2.35. The predicted octanol–water partition coefficient (Wildman–Crippen LogP) is -0.305. The molecule has 0 saturated carbocycles. The van der Waals surface area contributed by atoms with Gasteiger partial charge in [-0.3, -0.25) is 4.79 Å². The molecule has 1 saturated heterocycles. The van der Waals surface area contributed by atoms with Crippen LogP contribution in [0.15, 0.2) is 0 Å². The molecule has 2 amide bonds. The van der Waals surface area contributed by atoms with Crippen molar-refractivity contribution in [2.45, 2.75) is 31.8 Å². The van der Waals surface area contributed by atoms with E-state index < -0.39 is 34.4 Å². The quantitative estimate of drug-likeness (QED) is 0.665. The number of rotatable bonds is 7. The molecule has 1 aliphatic heterocycles. The Kier molecular flexibility index (Phi) is 6.41. The summed E-state index contributed by atoms with van der Waals surface area (Å²) in [5, 5.41) is 11.6. The second kappa shape index (κ2) is 7.60. The minimum atomic E-state index is -3.19. The molecule has 1 aliphatic rings. The van der Waals surface area contributed by atoms with E-state index in [4.69, 9.17) is 9.84 Å². The summed E-state index contributed by atoms with van der Waals surface area (Å²) in [6, 6.07) is -1.32. The maximum Gasteiger partial charge on any atom is 0.323 e. The molecule has 0 aromatic heterocycles. The van der Waals surface area contributed by atoms with Crippen molar-refractivity contribution >= 4 is 21.8 Å². The molecule has 21 heavy (non-hydrogen) atoms. The number of methoxy groups -OCH3 is 1. The van der Waals surface area contributed by atoms with E-state index in [2.05, 4.69) is 5.32 Å². The molecule has 9 heteroatoms. The third kappa shape index (κ3) is 5.88. The Morgan fingerprint density at radius 3 is 2.62 bits per heavy atom. The van der Waals surface area contributed by atoms with Gasteiger partial charge in [0.2, 0.25) is 0 Å². The van der Waals surface area contributed by atoms with E-state index in [1.165, 1.54) is 0 Å². The monoisotopic (exact) mass is 322 g/mol. The number of hydrogen-bond acceptors (Lipinski definition) is 5. The molecular formula is C12H22N2O6S. The van der Waals surface area contributed by atoms with E-state index in [9.17, 15) is 18.0 Å². The van der Waals surface area contributed by atoms with Gasteiger partial charge in [0.15, 0.2) is 9.84 Å². The van der Waals surface area contributed by atoms with Crippen LogP contribution >= 0.6 is 0 Å². The van der Waals surface area contributed by atoms with Gasteiger partial charge in [0.1, 0.15) is 6.54 Å². The van der Waals surface area contributed by atoms with Gasteiger partial charge >= 0.3 is 12.0 Å². The maximum atomic E-state index is 12.2. The first-order valence-corrected chi connectivity index (χ1v) is 8.55. The first-order valence-electron chi connectivity index (χ1n) is 6.73. The van der Waals surface area contributed by atoms with Crippen molar-refractivity contribution in [1.29, 1.82) is 0 Å². The molecule has 1 rings (SSSR count). The molecule has 2 atom stereocenters. The zero-order valence-electron chi connectivity index (χ0n) is 12.2. The Morgan fingerprint density at radius 2 is 2.14 bits per heavy atom. The van der Waals surface area contributed by atoms with Crippen molar-refractivity contribution in [3.63, 3.8) is 0 Å². The summed E-state index contributed by atoms with van der Waals surface area (Å²) >= 11 is 0. The number of hydrogen-bond donors (Lipinski definition) is 2. The highest BCUT2D eigenvalue weighted by molar-refractivity contribution is 7.91. The minimum Gasteiger partial charge on any atom is -0.480 e. The van der Waals surface area contributed by atoms with Crippen LogP contribution in [0.3, 0.4) is 0 Å². The molecule has 0 bridgehead atoms. The predicted molar refractivity (Wildman–Crippen MR) is 75.9 cm³/mol. The summed E-state index contributed by atoms with van der Waals surface area (Å²) in [7, 11) is -1.64. The molecule has 0 aliphatic carbocycles. The summed E-state index contributed by atoms with van der Waals surface area (Å²) in [5.41, 5.74) is 0. The SMILES string of the molecule is COCCC(C)NC(=O)N(CC(=O)O)C1CCS(=O)(=O)C1. The van der Waals surface area contributed by atoms with Gasteiger partial charge < -0.3 is 20.1 Å². The Morgan fingerprint density at radius 1 is 1.48 bits per heavy atom. The largest absolute Gasteiger partial charge is 0.480 e. The molecule has 0 aromatic rings. The van der Waals surface area contributed by atoms with E-state index in [1.807, 2.05) is 0 Å². The maximum absolute atomic E-state index is 12.2. The van der Waals surface area contributed by atoms with Crippen LogP contribution in [0.5, 0.6) is 0 Å². The number of nitrogens with one attached hydrogen (secondary N) is 1. The van der Waals surface area contributed by atoms with E-state index in [0.29, 0.717) is 13.0 Å². The van der Waals surface area contributed by atoms with E-state index in [-0.39, 0.29) is 24.0 Å². The smallest absolute Gasteiger partial charge is 0.323 e. The fourth-order valence-corrected chi connectivity index (χ4v) is 3.92. The molecule has 0 spiro atoms. The van der Waals surface area contributed by atoms with Crippen LogP contribution in [0.4, 0.5) is 4.79 Å². The van der Waals surface area contributed by atoms with Crippen LogP contribution in [0, 0.1) is 0 Å². The van der Waals surface area contributed by atoms with Crippen molar-refractivity contribution in [1.82, 2.24) is 10.2 Å². The van der Waals surface area contributed by atoms with Crippen LogP contribution < -0.4 is 5.32 Å². The molecule has 8 nitrogen and oxygen atoms in total. The number of amides is 2. The summed E-state index contributed by atoms with van der Waals surface area (Å²) in [4.78, 5) is 24.2. The zero-order valence-corrected chi connectivity index (χ0v) is 13.1. The highest BCUT2D eigenvalue weighted by atomic mass is 32.2. The number of nitrogens with zero attached hydrogens (tertiary/aromatic N) is 1. The van der Waals surface area contributed by atoms with E-state index >= 15 is 0 Å². The minimum absolute atomic E-state index is 0.0136. The Bertz CT molecular complexity index is 478. The van der Waals surface area contributed by atoms with Crippen LogP contribution in [0.1, 0.15) is 19.8 Å². The fraction of sp³-hybridized carbons (Fsp3) is 0.833. The average Bonchev–Trinajstić information content (AvgIpc) is 2.73. The van der Waals surface area contributed by atoms with Crippen molar-refractivity contribution in [3.8, 4) is 0 Å². The normalized spacial score (nSPS) is 21.7. The third-order valence-electron chi connectivity index (χ3n) is 3.34. The van der Waals surface area contributed by atoms with Gasteiger partial charge in [-0.2, -0.15) is 0 Å². The van der Waals surface area contributed by atoms with E-state index in [1.54, 1.807) is 14.0 Å². The second-order valence-corrected chi connectivity index (χ2v) is 7.44. The first-order chi connectivity index (χ1) is 9.75. The van der Waals surface area contributed by atoms with Gasteiger partial charge in [0, 0.05) is 25.8 Å². The third-order valence-corrected chi connectivity index (χ3v) is 5.09. The summed E-state index contributed by atoms with van der Waals surface area (Å²) in [6.45, 7) is 1.74. The van der Waals surface area contributed by atoms with Gasteiger partial charge in [-0.05, 0) is 19.8 Å². The van der Waals surface area contributed by atoms with Crippen LogP contribution in [0.25, 0.3) is 0 Å². The zero-order chi connectivity index (χ0) is 16.0. The molecule has 1 heterocycles. The summed E-state index contributed by atoms with van der Waals surface area (Å²) in [5.74, 6) is -1.36. The lowest BCUT2D eigenvalue weighted by molar-refractivity contribution is -0.138. The summed E-state index contributed by atoms with van der Waals surface area (Å²) in [6.07, 6.45) is 0.863. The number of urea groups is 1. The number of carboxylic acids is 1. The number of ether oxygens (including phenoxy) is 1. The molecule has 2 N–H and O–H groups in total. The van der Waals surface area contributed by atoms with Crippen molar-refractivity contribution in [2.75, 3.05) is 31.8 Å². The Balaban J connectivity index is 2.69. The van der Waals surface area contributed by atoms with Crippen molar-refractivity contribution in [3.05, 3.63) is 0 Å². The number of sulfone groups is 1. The van der Waals surface area contributed by atoms with Gasteiger partial charge in [0.05, 0.1) is 11.5 Å². The molecule has 1 fully saturated rings. The number of carbonyl (C=O) groups excluding carboxylic acids is 1. The highest BCUT2D eigenvalue weighted by Crippen LogP contribution is 2.18. The van der Waals surface area contributed by atoms with Gasteiger partial charge in [-0.1, -0.05) is 0 Å². The van der Waals surface area contributed by atoms with Crippen molar-refractivity contribution < 1.29 is 27.9 Å². The van der Waals surface area contributed by atoms with Gasteiger partial charge in [0.25, 0.3) is 0 Å². The lowest BCUT2D eigenvalue weighted by Gasteiger charge is -2.28. The van der Waals surface area contributed by atoms with Gasteiger partial charge in [-0.15, -0.1) is 0 Å². The van der Waals surface area contributed by atoms with Crippen LogP contribution in [0.2, 0.25) is 0 Å². The van der Waals surface area contributed by atoms with Crippen molar-refractivity contribution in [2.24, 2.45) is 0 Å². The summed E-state index contributed by atoms with van der Waals surface area (Å²) < 4.78 is 27.9. The second-order valence-electron chi connectivity index (χ2n) is 5.21. The average molecular weight is 322 g/mol. The van der Waals surface area contributed by atoms with Gasteiger partial charge in [-0.25, -0.2) is 13.2 Å². The topological polar surface area (TPSA) is 113 Å². The number of aliphatic carboxylic acids is 1.